The predicted molar refractivity (Wildman–Crippen MR) is 55.9 cm³/mol. The molecule has 0 spiro atoms. The van der Waals surface area contributed by atoms with Gasteiger partial charge in [-0.2, -0.15) is 0 Å². The first kappa shape index (κ1) is 11.2. The zero-order valence-electron chi connectivity index (χ0n) is 8.06. The lowest BCUT2D eigenvalue weighted by Gasteiger charge is -2.11. The molecule has 1 N–H and O–H groups in total. The predicted octanol–water partition coefficient (Wildman–Crippen LogP) is 0.948. The van der Waals surface area contributed by atoms with Crippen molar-refractivity contribution in [2.75, 3.05) is 13.1 Å². The first-order valence-corrected chi connectivity index (χ1v) is 4.51. The van der Waals surface area contributed by atoms with Crippen LogP contribution in [0, 0.1) is 6.92 Å². The van der Waals surface area contributed by atoms with E-state index in [0.717, 1.165) is 25.2 Å². The summed E-state index contributed by atoms with van der Waals surface area (Å²) in [4.78, 5) is 8.24. The molecular formula is C9H14ClN3O. The van der Waals surface area contributed by atoms with Crippen molar-refractivity contribution in [2.45, 2.75) is 19.4 Å². The van der Waals surface area contributed by atoms with Crippen LogP contribution in [0.3, 0.4) is 0 Å². The summed E-state index contributed by atoms with van der Waals surface area (Å²) in [5.41, 5.74) is 0.856. The summed E-state index contributed by atoms with van der Waals surface area (Å²) in [7, 11) is 0. The van der Waals surface area contributed by atoms with Crippen LogP contribution in [0.2, 0.25) is 0 Å². The first-order valence-electron chi connectivity index (χ1n) is 4.51. The lowest BCUT2D eigenvalue weighted by molar-refractivity contribution is 0.211. The average molecular weight is 216 g/mol. The highest BCUT2D eigenvalue weighted by Gasteiger charge is 2.17. The third kappa shape index (κ3) is 2.56. The van der Waals surface area contributed by atoms with Crippen LogP contribution < -0.4 is 10.1 Å². The maximum absolute atomic E-state index is 5.67. The molecule has 1 aliphatic heterocycles. The van der Waals surface area contributed by atoms with Crippen LogP contribution in [0.25, 0.3) is 0 Å². The molecule has 1 atom stereocenters. The average Bonchev–Trinajstić information content (AvgIpc) is 2.61. The van der Waals surface area contributed by atoms with Gasteiger partial charge in [-0.1, -0.05) is 0 Å². The fraction of sp³-hybridized carbons (Fsp3) is 0.556. The second kappa shape index (κ2) is 5.12. The fourth-order valence-corrected chi connectivity index (χ4v) is 1.40. The Morgan fingerprint density at radius 3 is 2.86 bits per heavy atom. The van der Waals surface area contributed by atoms with Gasteiger partial charge in [-0.05, 0) is 19.9 Å². The highest BCUT2D eigenvalue weighted by molar-refractivity contribution is 5.85. The third-order valence-corrected chi connectivity index (χ3v) is 2.13. The van der Waals surface area contributed by atoms with E-state index in [0.29, 0.717) is 5.88 Å². The highest BCUT2D eigenvalue weighted by Crippen LogP contribution is 2.14. The summed E-state index contributed by atoms with van der Waals surface area (Å²) >= 11 is 0. The van der Waals surface area contributed by atoms with E-state index in [4.69, 9.17) is 4.74 Å². The van der Waals surface area contributed by atoms with Gasteiger partial charge in [-0.3, -0.25) is 4.98 Å². The van der Waals surface area contributed by atoms with E-state index < -0.39 is 0 Å². The Balaban J connectivity index is 0.000000980. The Morgan fingerprint density at radius 1 is 1.43 bits per heavy atom. The number of halogens is 1. The van der Waals surface area contributed by atoms with Crippen molar-refractivity contribution >= 4 is 12.4 Å². The van der Waals surface area contributed by atoms with Crippen LogP contribution in [0.5, 0.6) is 5.88 Å². The Labute approximate surface area is 89.5 Å². The lowest BCUT2D eigenvalue weighted by Crippen LogP contribution is -2.20. The van der Waals surface area contributed by atoms with Gasteiger partial charge in [-0.25, -0.2) is 4.98 Å². The van der Waals surface area contributed by atoms with Crippen molar-refractivity contribution in [3.63, 3.8) is 0 Å². The quantitative estimate of drug-likeness (QED) is 0.798. The van der Waals surface area contributed by atoms with Crippen molar-refractivity contribution in [2.24, 2.45) is 0 Å². The van der Waals surface area contributed by atoms with Gasteiger partial charge in [0.15, 0.2) is 0 Å². The van der Waals surface area contributed by atoms with E-state index in [1.165, 1.54) is 0 Å². The molecule has 0 unspecified atom stereocenters. The highest BCUT2D eigenvalue weighted by atomic mass is 35.5. The molecule has 78 valence electrons. The minimum absolute atomic E-state index is 0. The molecule has 2 rings (SSSR count). The van der Waals surface area contributed by atoms with Crippen molar-refractivity contribution < 1.29 is 4.74 Å². The van der Waals surface area contributed by atoms with Crippen molar-refractivity contribution in [1.82, 2.24) is 15.3 Å². The van der Waals surface area contributed by atoms with Crippen LogP contribution in [-0.4, -0.2) is 29.2 Å². The number of aromatic nitrogens is 2. The monoisotopic (exact) mass is 215 g/mol. The smallest absolute Gasteiger partial charge is 0.235 e. The Kier molecular flexibility index (Phi) is 4.10. The van der Waals surface area contributed by atoms with Crippen LogP contribution in [-0.2, 0) is 0 Å². The first-order chi connectivity index (χ1) is 6.36. The zero-order chi connectivity index (χ0) is 9.10. The second-order valence-electron chi connectivity index (χ2n) is 3.18. The Bertz CT molecular complexity index is 289. The van der Waals surface area contributed by atoms with Crippen molar-refractivity contribution in [3.05, 3.63) is 18.1 Å². The summed E-state index contributed by atoms with van der Waals surface area (Å²) in [6, 6.07) is 0. The molecule has 1 aromatic heterocycles. The third-order valence-electron chi connectivity index (χ3n) is 2.13. The van der Waals surface area contributed by atoms with Gasteiger partial charge in [0, 0.05) is 18.9 Å². The van der Waals surface area contributed by atoms with Crippen LogP contribution >= 0.6 is 12.4 Å². The van der Waals surface area contributed by atoms with E-state index in [-0.39, 0.29) is 18.5 Å². The molecule has 5 heteroatoms. The fourth-order valence-electron chi connectivity index (χ4n) is 1.40. The molecular weight excluding hydrogens is 202 g/mol. The van der Waals surface area contributed by atoms with Gasteiger partial charge in [-0.15, -0.1) is 12.4 Å². The molecule has 14 heavy (non-hydrogen) atoms. The van der Waals surface area contributed by atoms with E-state index in [1.807, 2.05) is 6.92 Å². The molecule has 4 nitrogen and oxygen atoms in total. The van der Waals surface area contributed by atoms with Gasteiger partial charge in [0.1, 0.15) is 6.10 Å². The van der Waals surface area contributed by atoms with Gasteiger partial charge in [0.2, 0.25) is 5.88 Å². The lowest BCUT2D eigenvalue weighted by atomic mass is 10.3. The normalized spacial score (nSPS) is 20.2. The van der Waals surface area contributed by atoms with E-state index in [2.05, 4.69) is 15.3 Å². The topological polar surface area (TPSA) is 47.0 Å². The Hall–Kier alpha value is -0.870. The molecule has 2 heterocycles. The maximum Gasteiger partial charge on any atom is 0.235 e. The number of nitrogens with one attached hydrogen (secondary N) is 1. The molecule has 1 aromatic rings. The largest absolute Gasteiger partial charge is 0.472 e. The molecule has 1 fully saturated rings. The number of hydrogen-bond donors (Lipinski definition) is 1. The minimum atomic E-state index is 0. The van der Waals surface area contributed by atoms with Crippen molar-refractivity contribution in [1.29, 1.82) is 0 Å². The Morgan fingerprint density at radius 2 is 2.21 bits per heavy atom. The van der Waals surface area contributed by atoms with Crippen LogP contribution in [0.1, 0.15) is 12.1 Å². The molecule has 1 saturated heterocycles. The molecule has 0 saturated carbocycles. The minimum Gasteiger partial charge on any atom is -0.472 e. The zero-order valence-corrected chi connectivity index (χ0v) is 8.88. The summed E-state index contributed by atoms with van der Waals surface area (Å²) in [5.74, 6) is 0.663. The number of hydrogen-bond acceptors (Lipinski definition) is 4. The SMILES string of the molecule is Cc1nccnc1O[C@@H]1CCNC1.Cl. The standard InChI is InChI=1S/C9H13N3O.ClH/c1-7-9(12-5-4-11-7)13-8-2-3-10-6-8;/h4-5,8,10H,2-3,6H2,1H3;1H/t8-;/m1./s1. The molecule has 0 amide bonds. The van der Waals surface area contributed by atoms with Gasteiger partial charge in [0.25, 0.3) is 0 Å². The summed E-state index contributed by atoms with van der Waals surface area (Å²) < 4.78 is 5.67. The van der Waals surface area contributed by atoms with E-state index in [1.54, 1.807) is 12.4 Å². The number of aryl methyl sites for hydroxylation is 1. The van der Waals surface area contributed by atoms with Crippen LogP contribution in [0.15, 0.2) is 12.4 Å². The van der Waals surface area contributed by atoms with Crippen LogP contribution in [0.4, 0.5) is 0 Å². The molecule has 0 aromatic carbocycles. The molecule has 0 radical (unpaired) electrons. The van der Waals surface area contributed by atoms with Crippen molar-refractivity contribution in [3.8, 4) is 5.88 Å². The summed E-state index contributed by atoms with van der Waals surface area (Å²) in [5, 5.41) is 3.24. The maximum atomic E-state index is 5.67. The summed E-state index contributed by atoms with van der Waals surface area (Å²) in [6.07, 6.45) is 4.64. The van der Waals surface area contributed by atoms with Gasteiger partial charge in [0.05, 0.1) is 5.69 Å². The molecule has 0 aliphatic carbocycles. The van der Waals surface area contributed by atoms with E-state index in [9.17, 15) is 0 Å². The second-order valence-corrected chi connectivity index (χ2v) is 3.18. The number of nitrogens with zero attached hydrogens (tertiary/aromatic N) is 2. The molecule has 1 aliphatic rings. The number of rotatable bonds is 2. The van der Waals surface area contributed by atoms with E-state index >= 15 is 0 Å². The molecule has 0 bridgehead atoms. The van der Waals surface area contributed by atoms with Gasteiger partial charge >= 0.3 is 0 Å². The van der Waals surface area contributed by atoms with Gasteiger partial charge < -0.3 is 10.1 Å². The summed E-state index contributed by atoms with van der Waals surface area (Å²) in [6.45, 7) is 3.85. The number of ether oxygens (including phenoxy) is 1.